The van der Waals surface area contributed by atoms with E-state index in [4.69, 9.17) is 10.7 Å². The van der Waals surface area contributed by atoms with Gasteiger partial charge in [0.05, 0.1) is 0 Å². The van der Waals surface area contributed by atoms with Crippen molar-refractivity contribution in [3.05, 3.63) is 12.0 Å². The third-order valence-electron chi connectivity index (χ3n) is 1.52. The van der Waals surface area contributed by atoms with Crippen LogP contribution in [0, 0.1) is 0 Å². The monoisotopic (exact) mass is 150 g/mol. The molecule has 0 amide bonds. The fourth-order valence-corrected chi connectivity index (χ4v) is 3.51. The van der Waals surface area contributed by atoms with E-state index in [9.17, 15) is 0 Å². The lowest BCUT2D eigenvalue weighted by atomic mass is 10.4. The molecule has 0 aromatic heterocycles. The molecule has 0 aliphatic carbocycles. The predicted molar refractivity (Wildman–Crippen MR) is 42.6 cm³/mol. The van der Waals surface area contributed by atoms with Gasteiger partial charge in [-0.25, -0.2) is 0 Å². The summed E-state index contributed by atoms with van der Waals surface area (Å²) in [6, 6.07) is 0. The van der Waals surface area contributed by atoms with Crippen molar-refractivity contribution in [2.75, 3.05) is 11.5 Å². The summed E-state index contributed by atoms with van der Waals surface area (Å²) in [6.45, 7) is 3.72. The fraction of sp³-hybridized carbons (Fsp3) is 0.667. The lowest BCUT2D eigenvalue weighted by Gasteiger charge is -2.20. The van der Waals surface area contributed by atoms with Gasteiger partial charge in [0.2, 0.25) is 0 Å². The van der Waals surface area contributed by atoms with Crippen molar-refractivity contribution < 1.29 is 0 Å². The Morgan fingerprint density at radius 3 is 2.12 bits per heavy atom. The molecule has 0 aromatic carbocycles. The molecule has 0 nitrogen and oxygen atoms in total. The molecule has 1 saturated heterocycles. The molecular weight excluding hydrogens is 140 g/mol. The minimum atomic E-state index is -0.806. The van der Waals surface area contributed by atoms with Crippen LogP contribution in [-0.4, -0.2) is 11.5 Å². The SMILES string of the molecule is C=CS1(Cl)CCCC1. The van der Waals surface area contributed by atoms with Gasteiger partial charge in [0.15, 0.2) is 0 Å². The Hall–Kier alpha value is 0.380. The summed E-state index contributed by atoms with van der Waals surface area (Å²) in [7, 11) is 5.31. The number of hydrogen-bond donors (Lipinski definition) is 0. The Kier molecular flexibility index (Phi) is 1.88. The molecule has 1 fully saturated rings. The summed E-state index contributed by atoms with van der Waals surface area (Å²) in [5, 5.41) is 1.96. The van der Waals surface area contributed by atoms with Crippen LogP contribution in [0.15, 0.2) is 12.0 Å². The minimum Gasteiger partial charge on any atom is -0.143 e. The van der Waals surface area contributed by atoms with E-state index < -0.39 is 9.24 Å². The summed E-state index contributed by atoms with van der Waals surface area (Å²) in [4.78, 5) is 0. The Morgan fingerprint density at radius 2 is 1.88 bits per heavy atom. The van der Waals surface area contributed by atoms with Gasteiger partial charge in [0.1, 0.15) is 0 Å². The molecule has 2 heteroatoms. The topological polar surface area (TPSA) is 0 Å². The highest BCUT2D eigenvalue weighted by Gasteiger charge is 2.21. The molecule has 0 radical (unpaired) electrons. The first-order valence-electron chi connectivity index (χ1n) is 2.88. The predicted octanol–water partition coefficient (Wildman–Crippen LogP) is 2.88. The molecule has 1 aliphatic heterocycles. The molecule has 8 heavy (non-hydrogen) atoms. The van der Waals surface area contributed by atoms with Crippen LogP contribution < -0.4 is 0 Å². The van der Waals surface area contributed by atoms with E-state index in [0.717, 1.165) is 0 Å². The average molecular weight is 151 g/mol. The highest BCUT2D eigenvalue weighted by Crippen LogP contribution is 2.59. The summed E-state index contributed by atoms with van der Waals surface area (Å²) in [6.07, 6.45) is 2.62. The first kappa shape index (κ1) is 6.50. The quantitative estimate of drug-likeness (QED) is 0.539. The van der Waals surface area contributed by atoms with Crippen LogP contribution in [0.5, 0.6) is 0 Å². The third kappa shape index (κ3) is 1.20. The number of hydrogen-bond acceptors (Lipinski definition) is 0. The maximum absolute atomic E-state index is 6.12. The Morgan fingerprint density at radius 1 is 1.38 bits per heavy atom. The molecule has 1 heterocycles. The summed E-state index contributed by atoms with van der Waals surface area (Å²) >= 11 is 0. The first-order valence-corrected chi connectivity index (χ1v) is 5.74. The van der Waals surface area contributed by atoms with Gasteiger partial charge in [0.25, 0.3) is 0 Å². The average Bonchev–Trinajstić information content (AvgIpc) is 2.17. The van der Waals surface area contributed by atoms with Gasteiger partial charge in [-0.05, 0) is 29.8 Å². The van der Waals surface area contributed by atoms with Crippen molar-refractivity contribution in [2.24, 2.45) is 0 Å². The van der Waals surface area contributed by atoms with Gasteiger partial charge < -0.3 is 0 Å². The van der Waals surface area contributed by atoms with E-state index in [-0.39, 0.29) is 0 Å². The van der Waals surface area contributed by atoms with Gasteiger partial charge in [0, 0.05) is 0 Å². The maximum Gasteiger partial charge on any atom is -0.00650 e. The third-order valence-corrected chi connectivity index (χ3v) is 5.35. The van der Waals surface area contributed by atoms with E-state index in [2.05, 4.69) is 6.58 Å². The van der Waals surface area contributed by atoms with Crippen LogP contribution in [0.1, 0.15) is 12.8 Å². The molecular formula is C6H11ClS. The van der Waals surface area contributed by atoms with E-state index in [1.165, 1.54) is 24.3 Å². The Labute approximate surface area is 56.7 Å². The lowest BCUT2D eigenvalue weighted by molar-refractivity contribution is 0.949. The van der Waals surface area contributed by atoms with Crippen molar-refractivity contribution in [3.8, 4) is 0 Å². The molecule has 0 saturated carbocycles. The van der Waals surface area contributed by atoms with Crippen LogP contribution >= 0.6 is 19.9 Å². The van der Waals surface area contributed by atoms with Crippen LogP contribution in [0.4, 0.5) is 0 Å². The van der Waals surface area contributed by atoms with E-state index >= 15 is 0 Å². The number of halogens is 1. The molecule has 1 rings (SSSR count). The van der Waals surface area contributed by atoms with Crippen molar-refractivity contribution in [1.82, 2.24) is 0 Å². The second-order valence-corrected chi connectivity index (χ2v) is 6.81. The fourth-order valence-electron chi connectivity index (χ4n) is 0.953. The summed E-state index contributed by atoms with van der Waals surface area (Å²) in [5.41, 5.74) is 0. The standard InChI is InChI=1S/C6H11ClS/c1-2-8(7)5-3-4-6-8/h2H,1,3-6H2. The number of rotatable bonds is 1. The molecule has 0 N–H and O–H groups in total. The van der Waals surface area contributed by atoms with Crippen LogP contribution in [0.2, 0.25) is 0 Å². The Balaban J connectivity index is 2.52. The summed E-state index contributed by atoms with van der Waals surface area (Å²) < 4.78 is 0. The zero-order valence-corrected chi connectivity index (χ0v) is 6.47. The molecule has 0 bridgehead atoms. The molecule has 1 aliphatic rings. The second-order valence-electron chi connectivity index (χ2n) is 2.13. The lowest BCUT2D eigenvalue weighted by Crippen LogP contribution is -1.84. The largest absolute Gasteiger partial charge is 0.143 e. The van der Waals surface area contributed by atoms with E-state index in [1.54, 1.807) is 0 Å². The second kappa shape index (κ2) is 2.32. The van der Waals surface area contributed by atoms with Crippen molar-refractivity contribution in [3.63, 3.8) is 0 Å². The maximum atomic E-state index is 6.12. The molecule has 0 unspecified atom stereocenters. The van der Waals surface area contributed by atoms with Gasteiger partial charge in [-0.2, -0.15) is 0 Å². The molecule has 0 aromatic rings. The van der Waals surface area contributed by atoms with Gasteiger partial charge in [-0.3, -0.25) is 0 Å². The van der Waals surface area contributed by atoms with Gasteiger partial charge in [-0.1, -0.05) is 17.3 Å². The minimum absolute atomic E-state index is 0.806. The molecule has 48 valence electrons. The summed E-state index contributed by atoms with van der Waals surface area (Å²) in [5.74, 6) is 2.41. The Bertz CT molecular complexity index is 94.7. The van der Waals surface area contributed by atoms with Crippen LogP contribution in [0.3, 0.4) is 0 Å². The smallest absolute Gasteiger partial charge is 0.00650 e. The molecule has 0 atom stereocenters. The highest BCUT2D eigenvalue weighted by molar-refractivity contribution is 8.53. The zero-order valence-electron chi connectivity index (χ0n) is 4.90. The normalized spacial score (nSPS) is 29.6. The van der Waals surface area contributed by atoms with E-state index in [0.29, 0.717) is 0 Å². The van der Waals surface area contributed by atoms with E-state index in [1.807, 2.05) is 5.41 Å². The first-order chi connectivity index (χ1) is 3.77. The van der Waals surface area contributed by atoms with Crippen LogP contribution in [0.25, 0.3) is 0 Å². The zero-order chi connectivity index (χ0) is 6.04. The highest BCUT2D eigenvalue weighted by atomic mass is 35.7. The van der Waals surface area contributed by atoms with Gasteiger partial charge in [-0.15, -0.1) is 9.24 Å². The molecule has 0 spiro atoms. The van der Waals surface area contributed by atoms with Crippen molar-refractivity contribution >= 4 is 19.9 Å². The van der Waals surface area contributed by atoms with Crippen molar-refractivity contribution in [1.29, 1.82) is 0 Å². The van der Waals surface area contributed by atoms with Crippen LogP contribution in [-0.2, 0) is 0 Å². The van der Waals surface area contributed by atoms with Gasteiger partial charge >= 0.3 is 0 Å². The van der Waals surface area contributed by atoms with Crippen molar-refractivity contribution in [2.45, 2.75) is 12.8 Å².